The minimum atomic E-state index is -0.592. The highest BCUT2D eigenvalue weighted by atomic mass is 16.2. The third-order valence-corrected chi connectivity index (χ3v) is 6.96. The van der Waals surface area contributed by atoms with Crippen molar-refractivity contribution in [2.75, 3.05) is 10.2 Å². The number of rotatable bonds is 2. The van der Waals surface area contributed by atoms with Crippen molar-refractivity contribution in [2.24, 2.45) is 28.7 Å². The molecule has 5 atom stereocenters. The number of fused-ring (bicyclic) bond motifs is 6. The van der Waals surface area contributed by atoms with E-state index in [0.717, 1.165) is 23.2 Å². The molecule has 4 unspecified atom stereocenters. The predicted octanol–water partition coefficient (Wildman–Crippen LogP) is 3.72. The number of imide groups is 1. The lowest BCUT2D eigenvalue weighted by Crippen LogP contribution is -2.34. The number of carbonyl (C=O) groups is 2. The third kappa shape index (κ3) is 2.24. The average molecular weight is 383 g/mol. The topological polar surface area (TPSA) is 61.8 Å². The van der Waals surface area contributed by atoms with Gasteiger partial charge in [0.05, 0.1) is 17.5 Å². The number of anilines is 2. The minimum Gasteiger partial charge on any atom is -0.357 e. The molecule has 2 amide bonds. The summed E-state index contributed by atoms with van der Waals surface area (Å²) in [5, 5.41) is 3.49. The van der Waals surface area contributed by atoms with Gasteiger partial charge in [-0.15, -0.1) is 0 Å². The Labute approximate surface area is 169 Å². The normalized spacial score (nSPS) is 33.8. The van der Waals surface area contributed by atoms with Crippen molar-refractivity contribution in [2.45, 2.75) is 19.0 Å². The summed E-state index contributed by atoms with van der Waals surface area (Å²) in [5.41, 5.74) is 3.14. The number of aliphatic imine (C=N–C) groups is 1. The smallest absolute Gasteiger partial charge is 0.238 e. The van der Waals surface area contributed by atoms with Crippen molar-refractivity contribution in [3.8, 4) is 0 Å². The molecular formula is C24H21N3O2. The van der Waals surface area contributed by atoms with Crippen LogP contribution < -0.4 is 10.2 Å². The Morgan fingerprint density at radius 3 is 2.31 bits per heavy atom. The number of hydrogen-bond donors (Lipinski definition) is 1. The summed E-state index contributed by atoms with van der Waals surface area (Å²) < 4.78 is 0. The molecule has 0 radical (unpaired) electrons. The molecule has 1 saturated carbocycles. The standard InChI is InChI=1S/C24H21N3O2/c1-24(25-13-16-4-2-3-5-19(16)26-24)17-8-10-18(11-9-17)27-22(28)20-14-6-7-15(12-14)21(20)23(27)29/h2-11,13-15,20-21,26H,12H2,1H3/t14?,15?,20-,21?,24?/m1/s1. The van der Waals surface area contributed by atoms with E-state index in [2.05, 4.69) is 17.5 Å². The zero-order valence-corrected chi connectivity index (χ0v) is 16.1. The van der Waals surface area contributed by atoms with E-state index >= 15 is 0 Å². The molecule has 2 aliphatic carbocycles. The Kier molecular flexibility index (Phi) is 3.26. The van der Waals surface area contributed by atoms with Gasteiger partial charge in [-0.25, -0.2) is 0 Å². The summed E-state index contributed by atoms with van der Waals surface area (Å²) in [7, 11) is 0. The Morgan fingerprint density at radius 2 is 1.62 bits per heavy atom. The number of benzene rings is 2. The van der Waals surface area contributed by atoms with Gasteiger partial charge in [0.25, 0.3) is 0 Å². The van der Waals surface area contributed by atoms with Gasteiger partial charge in [0, 0.05) is 17.5 Å². The number of amides is 2. The van der Waals surface area contributed by atoms with Crippen molar-refractivity contribution >= 4 is 29.4 Å². The molecule has 2 aliphatic heterocycles. The summed E-state index contributed by atoms with van der Waals surface area (Å²) in [6.07, 6.45) is 7.07. The van der Waals surface area contributed by atoms with Crippen LogP contribution in [0.4, 0.5) is 11.4 Å². The first-order valence-corrected chi connectivity index (χ1v) is 10.1. The molecule has 2 bridgehead atoms. The van der Waals surface area contributed by atoms with Crippen LogP contribution in [0.5, 0.6) is 0 Å². The van der Waals surface area contributed by atoms with E-state index < -0.39 is 5.66 Å². The second-order valence-corrected chi connectivity index (χ2v) is 8.60. The molecule has 2 aromatic rings. The summed E-state index contributed by atoms with van der Waals surface area (Å²) in [6.45, 7) is 2.02. The molecule has 144 valence electrons. The van der Waals surface area contributed by atoms with Gasteiger partial charge in [0.1, 0.15) is 0 Å². The van der Waals surface area contributed by atoms with Gasteiger partial charge in [-0.2, -0.15) is 0 Å². The molecule has 0 spiro atoms. The van der Waals surface area contributed by atoms with Gasteiger partial charge in [0.2, 0.25) is 11.8 Å². The van der Waals surface area contributed by atoms with Gasteiger partial charge in [0.15, 0.2) is 5.66 Å². The second kappa shape index (κ2) is 5.66. The van der Waals surface area contributed by atoms with E-state index in [0.29, 0.717) is 5.69 Å². The van der Waals surface area contributed by atoms with Gasteiger partial charge in [-0.3, -0.25) is 19.5 Å². The largest absolute Gasteiger partial charge is 0.357 e. The maximum absolute atomic E-state index is 13.0. The lowest BCUT2D eigenvalue weighted by Gasteiger charge is -2.32. The Balaban J connectivity index is 1.30. The summed E-state index contributed by atoms with van der Waals surface area (Å²) in [5.74, 6) is 0.0275. The number of nitrogens with one attached hydrogen (secondary N) is 1. The number of allylic oxidation sites excluding steroid dienone is 2. The SMILES string of the molecule is CC1(c2ccc(N3C(=O)C4C5C=CC(C5)[C@H]4C3=O)cc2)N=Cc2ccccc2N1. The van der Waals surface area contributed by atoms with Gasteiger partial charge in [-0.05, 0) is 48.9 Å². The van der Waals surface area contributed by atoms with Gasteiger partial charge in [-0.1, -0.05) is 42.5 Å². The first-order chi connectivity index (χ1) is 14.0. The fourth-order valence-electron chi connectivity index (χ4n) is 5.46. The molecular weight excluding hydrogens is 362 g/mol. The number of para-hydroxylation sites is 1. The molecule has 0 aromatic heterocycles. The Hall–Kier alpha value is -3.21. The number of carbonyl (C=O) groups excluding carboxylic acids is 2. The fraction of sp³-hybridized carbons (Fsp3) is 0.292. The maximum atomic E-state index is 13.0. The van der Waals surface area contributed by atoms with Crippen LogP contribution in [-0.4, -0.2) is 18.0 Å². The molecule has 5 nitrogen and oxygen atoms in total. The lowest BCUT2D eigenvalue weighted by atomic mass is 9.85. The molecule has 4 aliphatic rings. The van der Waals surface area contributed by atoms with Crippen LogP contribution in [0.2, 0.25) is 0 Å². The average Bonchev–Trinajstić information content (AvgIpc) is 3.42. The summed E-state index contributed by atoms with van der Waals surface area (Å²) >= 11 is 0. The molecule has 2 aromatic carbocycles. The zero-order chi connectivity index (χ0) is 19.8. The lowest BCUT2D eigenvalue weighted by molar-refractivity contribution is -0.123. The molecule has 6 rings (SSSR count). The van der Waals surface area contributed by atoms with Crippen molar-refractivity contribution in [3.63, 3.8) is 0 Å². The van der Waals surface area contributed by atoms with Crippen LogP contribution in [-0.2, 0) is 15.3 Å². The molecule has 29 heavy (non-hydrogen) atoms. The summed E-state index contributed by atoms with van der Waals surface area (Å²) in [6, 6.07) is 15.7. The maximum Gasteiger partial charge on any atom is 0.238 e. The van der Waals surface area contributed by atoms with Crippen molar-refractivity contribution < 1.29 is 9.59 Å². The molecule has 1 saturated heterocycles. The molecule has 2 heterocycles. The first-order valence-electron chi connectivity index (χ1n) is 10.1. The van der Waals surface area contributed by atoms with Gasteiger partial charge < -0.3 is 5.32 Å². The van der Waals surface area contributed by atoms with Crippen molar-refractivity contribution in [1.82, 2.24) is 0 Å². The number of nitrogens with zero attached hydrogens (tertiary/aromatic N) is 2. The quantitative estimate of drug-likeness (QED) is 0.635. The second-order valence-electron chi connectivity index (χ2n) is 8.60. The summed E-state index contributed by atoms with van der Waals surface area (Å²) in [4.78, 5) is 32.1. The van der Waals surface area contributed by atoms with Crippen LogP contribution in [0, 0.1) is 23.7 Å². The van der Waals surface area contributed by atoms with E-state index in [1.165, 1.54) is 4.90 Å². The monoisotopic (exact) mass is 383 g/mol. The molecule has 2 fully saturated rings. The van der Waals surface area contributed by atoms with Crippen LogP contribution in [0.25, 0.3) is 0 Å². The Bertz CT molecular complexity index is 1070. The predicted molar refractivity (Wildman–Crippen MR) is 112 cm³/mol. The minimum absolute atomic E-state index is 0.0430. The fourth-order valence-corrected chi connectivity index (χ4v) is 5.46. The first kappa shape index (κ1) is 16.7. The third-order valence-electron chi connectivity index (χ3n) is 6.96. The zero-order valence-electron chi connectivity index (χ0n) is 16.1. The van der Waals surface area contributed by atoms with E-state index in [4.69, 9.17) is 4.99 Å². The van der Waals surface area contributed by atoms with Gasteiger partial charge >= 0.3 is 0 Å². The van der Waals surface area contributed by atoms with E-state index in [1.807, 2.05) is 61.7 Å². The van der Waals surface area contributed by atoms with Crippen LogP contribution in [0.15, 0.2) is 65.7 Å². The Morgan fingerprint density at radius 1 is 0.966 bits per heavy atom. The van der Waals surface area contributed by atoms with E-state index in [1.54, 1.807) is 0 Å². The van der Waals surface area contributed by atoms with E-state index in [-0.39, 0.29) is 35.5 Å². The number of hydrogen-bond acceptors (Lipinski definition) is 4. The van der Waals surface area contributed by atoms with Crippen LogP contribution in [0.1, 0.15) is 24.5 Å². The highest BCUT2D eigenvalue weighted by molar-refractivity contribution is 6.22. The van der Waals surface area contributed by atoms with Crippen molar-refractivity contribution in [1.29, 1.82) is 0 Å². The molecule has 5 heteroatoms. The van der Waals surface area contributed by atoms with Crippen LogP contribution >= 0.6 is 0 Å². The van der Waals surface area contributed by atoms with Crippen LogP contribution in [0.3, 0.4) is 0 Å². The molecule has 1 N–H and O–H groups in total. The van der Waals surface area contributed by atoms with E-state index in [9.17, 15) is 9.59 Å². The van der Waals surface area contributed by atoms with Crippen molar-refractivity contribution in [3.05, 3.63) is 71.8 Å². The highest BCUT2D eigenvalue weighted by Crippen LogP contribution is 2.53. The highest BCUT2D eigenvalue weighted by Gasteiger charge is 2.59.